The Bertz CT molecular complexity index is 627. The van der Waals surface area contributed by atoms with Gasteiger partial charge >= 0.3 is 0 Å². The van der Waals surface area contributed by atoms with E-state index in [0.29, 0.717) is 17.7 Å². The third-order valence-electron chi connectivity index (χ3n) is 3.22. The van der Waals surface area contributed by atoms with Crippen LogP contribution in [0.1, 0.15) is 24.5 Å². The third-order valence-corrected chi connectivity index (χ3v) is 5.23. The topological polar surface area (TPSA) is 92.5 Å². The lowest BCUT2D eigenvalue weighted by molar-refractivity contribution is -0.121. The molecule has 0 aliphatic rings. The molecule has 21 heavy (non-hydrogen) atoms. The maximum absolute atomic E-state index is 12.6. The van der Waals surface area contributed by atoms with Crippen LogP contribution in [0.4, 0.5) is 5.69 Å². The van der Waals surface area contributed by atoms with Crippen LogP contribution in [-0.4, -0.2) is 38.8 Å². The van der Waals surface area contributed by atoms with Crippen LogP contribution in [0, 0.1) is 13.8 Å². The van der Waals surface area contributed by atoms with Gasteiger partial charge in [0.05, 0.1) is 12.2 Å². The lowest BCUT2D eigenvalue weighted by atomic mass is 10.1. The number of aryl methyl sites for hydroxylation is 2. The molecule has 6 nitrogen and oxygen atoms in total. The van der Waals surface area contributed by atoms with E-state index in [0.717, 1.165) is 10.7 Å². The van der Waals surface area contributed by atoms with Crippen molar-refractivity contribution in [3.05, 3.63) is 23.3 Å². The smallest absolute Gasteiger partial charge is 0.245 e. The van der Waals surface area contributed by atoms with Gasteiger partial charge in [-0.2, -0.15) is 4.31 Å². The average molecular weight is 313 g/mol. The lowest BCUT2D eigenvalue weighted by Crippen LogP contribution is -2.39. The Kier molecular flexibility index (Phi) is 5.74. The molecule has 1 aromatic rings. The minimum absolute atomic E-state index is 0.0771. The summed E-state index contributed by atoms with van der Waals surface area (Å²) in [6.45, 7) is 5.67. The molecule has 3 N–H and O–H groups in total. The Balaban J connectivity index is 3.06. The van der Waals surface area contributed by atoms with Crippen molar-refractivity contribution in [2.24, 2.45) is 0 Å². The fraction of sp³-hybridized carbons (Fsp3) is 0.500. The second-order valence-corrected chi connectivity index (χ2v) is 7.03. The van der Waals surface area contributed by atoms with Gasteiger partial charge in [0.2, 0.25) is 15.9 Å². The van der Waals surface area contributed by atoms with Gasteiger partial charge in [0, 0.05) is 13.6 Å². The Morgan fingerprint density at radius 2 is 1.86 bits per heavy atom. The summed E-state index contributed by atoms with van der Waals surface area (Å²) in [5.74, 6) is -0.327. The second-order valence-electron chi connectivity index (χ2n) is 5.05. The number of amides is 1. The fourth-order valence-corrected chi connectivity index (χ4v) is 3.43. The van der Waals surface area contributed by atoms with Crippen LogP contribution in [0.2, 0.25) is 0 Å². The number of benzene rings is 1. The van der Waals surface area contributed by atoms with E-state index in [-0.39, 0.29) is 23.0 Å². The standard InChI is InChI=1S/C14H23N3O3S/c1-5-8-16-12(18)9-17(4)21(19,20)14-11(3)7-6-10(2)13(14)15/h6-7H,5,8-9,15H2,1-4H3,(H,16,18). The average Bonchev–Trinajstić information content (AvgIpc) is 2.40. The zero-order chi connectivity index (χ0) is 16.2. The number of hydrogen-bond donors (Lipinski definition) is 2. The quantitative estimate of drug-likeness (QED) is 0.767. The van der Waals surface area contributed by atoms with Crippen molar-refractivity contribution in [3.63, 3.8) is 0 Å². The summed E-state index contributed by atoms with van der Waals surface area (Å²) in [6.07, 6.45) is 0.798. The lowest BCUT2D eigenvalue weighted by Gasteiger charge is -2.20. The molecule has 0 fully saturated rings. The van der Waals surface area contributed by atoms with E-state index in [1.54, 1.807) is 26.0 Å². The van der Waals surface area contributed by atoms with Crippen molar-refractivity contribution in [1.82, 2.24) is 9.62 Å². The predicted octanol–water partition coefficient (Wildman–Crippen LogP) is 1.03. The van der Waals surface area contributed by atoms with Gasteiger partial charge < -0.3 is 11.1 Å². The molecular formula is C14H23N3O3S. The van der Waals surface area contributed by atoms with Gasteiger partial charge in [0.25, 0.3) is 0 Å². The number of sulfonamides is 1. The summed E-state index contributed by atoms with van der Waals surface area (Å²) in [4.78, 5) is 11.8. The van der Waals surface area contributed by atoms with Crippen molar-refractivity contribution in [3.8, 4) is 0 Å². The van der Waals surface area contributed by atoms with E-state index in [2.05, 4.69) is 5.32 Å². The number of carbonyl (C=O) groups is 1. The van der Waals surface area contributed by atoms with Gasteiger partial charge in [0.15, 0.2) is 0 Å². The highest BCUT2D eigenvalue weighted by Crippen LogP contribution is 2.28. The summed E-state index contributed by atoms with van der Waals surface area (Å²) in [7, 11) is -2.42. The number of likely N-dealkylation sites (N-methyl/N-ethyl adjacent to an activating group) is 1. The number of nitrogens with zero attached hydrogens (tertiary/aromatic N) is 1. The van der Waals surface area contributed by atoms with E-state index in [1.807, 2.05) is 6.92 Å². The molecule has 0 heterocycles. The first-order valence-corrected chi connectivity index (χ1v) is 8.24. The number of nitrogens with one attached hydrogen (secondary N) is 1. The monoisotopic (exact) mass is 313 g/mol. The largest absolute Gasteiger partial charge is 0.397 e. The molecule has 0 saturated heterocycles. The van der Waals surface area contributed by atoms with Gasteiger partial charge in [-0.25, -0.2) is 8.42 Å². The van der Waals surface area contributed by atoms with Gasteiger partial charge in [-0.15, -0.1) is 0 Å². The molecule has 0 bridgehead atoms. The SMILES string of the molecule is CCCNC(=O)CN(C)S(=O)(=O)c1c(C)ccc(C)c1N. The summed E-state index contributed by atoms with van der Waals surface area (Å²) in [5, 5.41) is 2.65. The maximum atomic E-state index is 12.6. The molecule has 1 amide bonds. The molecule has 1 rings (SSSR count). The van der Waals surface area contributed by atoms with Crippen molar-refractivity contribution < 1.29 is 13.2 Å². The number of nitrogen functional groups attached to an aromatic ring is 1. The zero-order valence-electron chi connectivity index (χ0n) is 12.9. The van der Waals surface area contributed by atoms with Crippen molar-refractivity contribution in [2.75, 3.05) is 25.9 Å². The van der Waals surface area contributed by atoms with Crippen molar-refractivity contribution in [2.45, 2.75) is 32.1 Å². The van der Waals surface area contributed by atoms with Gasteiger partial charge in [0.1, 0.15) is 4.90 Å². The second kappa shape index (κ2) is 6.91. The normalized spacial score (nSPS) is 11.7. The summed E-state index contributed by atoms with van der Waals surface area (Å²) < 4.78 is 26.2. The molecule has 118 valence electrons. The van der Waals surface area contributed by atoms with Crippen LogP contribution in [0.3, 0.4) is 0 Å². The van der Waals surface area contributed by atoms with Crippen molar-refractivity contribution >= 4 is 21.6 Å². The van der Waals surface area contributed by atoms with Gasteiger partial charge in [-0.05, 0) is 31.4 Å². The van der Waals surface area contributed by atoms with E-state index in [1.165, 1.54) is 7.05 Å². The Labute approximate surface area is 126 Å². The minimum atomic E-state index is -3.80. The number of carbonyl (C=O) groups excluding carboxylic acids is 1. The van der Waals surface area contributed by atoms with Gasteiger partial charge in [-0.3, -0.25) is 4.79 Å². The molecule has 0 atom stereocenters. The van der Waals surface area contributed by atoms with E-state index in [4.69, 9.17) is 5.73 Å². The first-order chi connectivity index (χ1) is 9.71. The Hall–Kier alpha value is -1.60. The first-order valence-electron chi connectivity index (χ1n) is 6.80. The molecular weight excluding hydrogens is 290 g/mol. The molecule has 0 radical (unpaired) electrons. The highest BCUT2D eigenvalue weighted by atomic mass is 32.2. The first kappa shape index (κ1) is 17.5. The van der Waals surface area contributed by atoms with E-state index < -0.39 is 10.0 Å². The predicted molar refractivity (Wildman–Crippen MR) is 83.4 cm³/mol. The number of nitrogens with two attached hydrogens (primary N) is 1. The van der Waals surface area contributed by atoms with E-state index >= 15 is 0 Å². The van der Waals surface area contributed by atoms with Crippen LogP contribution in [0.25, 0.3) is 0 Å². The molecule has 1 aromatic carbocycles. The van der Waals surface area contributed by atoms with Crippen molar-refractivity contribution in [1.29, 1.82) is 0 Å². The highest BCUT2D eigenvalue weighted by Gasteiger charge is 2.27. The van der Waals surface area contributed by atoms with Crippen LogP contribution < -0.4 is 11.1 Å². The maximum Gasteiger partial charge on any atom is 0.245 e. The molecule has 0 aliphatic carbocycles. The fourth-order valence-electron chi connectivity index (χ4n) is 1.91. The third kappa shape index (κ3) is 3.95. The molecule has 0 unspecified atom stereocenters. The minimum Gasteiger partial charge on any atom is -0.397 e. The summed E-state index contributed by atoms with van der Waals surface area (Å²) in [6, 6.07) is 3.49. The molecule has 0 spiro atoms. The highest BCUT2D eigenvalue weighted by molar-refractivity contribution is 7.89. The van der Waals surface area contributed by atoms with Crippen LogP contribution >= 0.6 is 0 Å². The van der Waals surface area contributed by atoms with Crippen LogP contribution in [-0.2, 0) is 14.8 Å². The summed E-state index contributed by atoms with van der Waals surface area (Å²) in [5.41, 5.74) is 7.41. The molecule has 0 aliphatic heterocycles. The summed E-state index contributed by atoms with van der Waals surface area (Å²) >= 11 is 0. The molecule has 0 saturated carbocycles. The number of hydrogen-bond acceptors (Lipinski definition) is 4. The van der Waals surface area contributed by atoms with E-state index in [9.17, 15) is 13.2 Å². The number of rotatable bonds is 6. The molecule has 0 aromatic heterocycles. The van der Waals surface area contributed by atoms with Crippen LogP contribution in [0.5, 0.6) is 0 Å². The van der Waals surface area contributed by atoms with Gasteiger partial charge in [-0.1, -0.05) is 19.1 Å². The molecule has 7 heteroatoms. The Morgan fingerprint density at radius 3 is 2.43 bits per heavy atom. The zero-order valence-corrected chi connectivity index (χ0v) is 13.8. The number of anilines is 1. The Morgan fingerprint density at radius 1 is 1.29 bits per heavy atom. The van der Waals surface area contributed by atoms with Crippen LogP contribution in [0.15, 0.2) is 17.0 Å².